The van der Waals surface area contributed by atoms with E-state index in [4.69, 9.17) is 10.2 Å². The van der Waals surface area contributed by atoms with Crippen LogP contribution in [0.25, 0.3) is 0 Å². The molecule has 5 nitrogen and oxygen atoms in total. The predicted octanol–water partition coefficient (Wildman–Crippen LogP) is 2.13. The molecule has 0 unspecified atom stereocenters. The van der Waals surface area contributed by atoms with Crippen LogP contribution in [0.4, 0.5) is 17.7 Å². The fourth-order valence-electron chi connectivity index (χ4n) is 2.23. The van der Waals surface area contributed by atoms with Crippen molar-refractivity contribution in [3.63, 3.8) is 0 Å². The molecule has 1 aliphatic heterocycles. The first kappa shape index (κ1) is 10.1. The molecule has 0 atom stereocenters. The molecule has 0 aliphatic carbocycles. The summed E-state index contributed by atoms with van der Waals surface area (Å²) in [7, 11) is 0. The summed E-state index contributed by atoms with van der Waals surface area (Å²) in [5.74, 6) is 0. The molecule has 0 saturated carbocycles. The van der Waals surface area contributed by atoms with E-state index < -0.39 is 0 Å². The Kier molecular flexibility index (Phi) is 2.44. The predicted molar refractivity (Wildman–Crippen MR) is 65.1 cm³/mol. The highest BCUT2D eigenvalue weighted by molar-refractivity contribution is 5.61. The van der Waals surface area contributed by atoms with Gasteiger partial charge in [-0.3, -0.25) is 4.90 Å². The van der Waals surface area contributed by atoms with Crippen LogP contribution in [0.2, 0.25) is 0 Å². The molecule has 2 N–H and O–H groups in total. The maximum atomic E-state index is 5.48. The molecule has 2 aromatic rings. The highest BCUT2D eigenvalue weighted by atomic mass is 16.4. The molecule has 1 aromatic carbocycles. The number of para-hydroxylation sites is 1. The summed E-state index contributed by atoms with van der Waals surface area (Å²) < 4.78 is 5.32. The molecule has 1 aromatic heterocycles. The van der Waals surface area contributed by atoms with Crippen LogP contribution in [-0.2, 0) is 6.42 Å². The topological polar surface area (TPSA) is 68.2 Å². The third-order valence-electron chi connectivity index (χ3n) is 3.02. The molecule has 2 heterocycles. The fourth-order valence-corrected chi connectivity index (χ4v) is 2.23. The zero-order chi connectivity index (χ0) is 11.7. The Morgan fingerprint density at radius 3 is 2.88 bits per heavy atom. The van der Waals surface area contributed by atoms with Gasteiger partial charge < -0.3 is 10.2 Å². The number of fused-ring (bicyclic) bond motifs is 1. The van der Waals surface area contributed by atoms with E-state index in [-0.39, 0.29) is 6.01 Å². The van der Waals surface area contributed by atoms with Crippen molar-refractivity contribution < 1.29 is 4.42 Å². The Morgan fingerprint density at radius 2 is 2.06 bits per heavy atom. The maximum absolute atomic E-state index is 5.48. The second-order valence-electron chi connectivity index (χ2n) is 4.16. The van der Waals surface area contributed by atoms with Gasteiger partial charge in [0.15, 0.2) is 0 Å². The molecule has 0 fully saturated rings. The highest BCUT2D eigenvalue weighted by Crippen LogP contribution is 2.31. The lowest BCUT2D eigenvalue weighted by Crippen LogP contribution is -2.18. The molecule has 1 aliphatic rings. The van der Waals surface area contributed by atoms with Gasteiger partial charge in [-0.25, -0.2) is 0 Å². The maximum Gasteiger partial charge on any atom is 0.324 e. The van der Waals surface area contributed by atoms with Crippen LogP contribution >= 0.6 is 0 Å². The number of nitrogens with two attached hydrogens (primary N) is 1. The van der Waals surface area contributed by atoms with Crippen molar-refractivity contribution in [3.05, 3.63) is 29.8 Å². The monoisotopic (exact) mass is 230 g/mol. The van der Waals surface area contributed by atoms with E-state index >= 15 is 0 Å². The van der Waals surface area contributed by atoms with Crippen LogP contribution < -0.4 is 10.6 Å². The van der Waals surface area contributed by atoms with Gasteiger partial charge in [-0.2, -0.15) is 0 Å². The van der Waals surface area contributed by atoms with Crippen LogP contribution in [0.5, 0.6) is 0 Å². The third kappa shape index (κ3) is 1.84. The number of rotatable bonds is 1. The number of hydrogen-bond donors (Lipinski definition) is 1. The minimum atomic E-state index is 0.113. The summed E-state index contributed by atoms with van der Waals surface area (Å²) in [6.45, 7) is 0.888. The number of nitrogen functional groups attached to an aromatic ring is 1. The fraction of sp³-hybridized carbons (Fsp3) is 0.333. The van der Waals surface area contributed by atoms with E-state index in [2.05, 4.69) is 28.4 Å². The van der Waals surface area contributed by atoms with Gasteiger partial charge in [0.05, 0.1) is 0 Å². The van der Waals surface area contributed by atoms with Crippen molar-refractivity contribution in [1.29, 1.82) is 0 Å². The van der Waals surface area contributed by atoms with Crippen LogP contribution in [-0.4, -0.2) is 16.7 Å². The second kappa shape index (κ2) is 4.08. The van der Waals surface area contributed by atoms with Crippen LogP contribution in [0.3, 0.4) is 0 Å². The van der Waals surface area contributed by atoms with Gasteiger partial charge in [0.25, 0.3) is 0 Å². The Labute approximate surface area is 99.2 Å². The van der Waals surface area contributed by atoms with Gasteiger partial charge in [0.2, 0.25) is 0 Å². The van der Waals surface area contributed by atoms with Gasteiger partial charge in [-0.15, -0.1) is 0 Å². The first-order valence-corrected chi connectivity index (χ1v) is 5.79. The van der Waals surface area contributed by atoms with Crippen molar-refractivity contribution >= 4 is 17.7 Å². The molecule has 0 saturated heterocycles. The summed E-state index contributed by atoms with van der Waals surface area (Å²) in [6.07, 6.45) is 3.38. The first-order chi connectivity index (χ1) is 8.34. The number of hydrogen-bond acceptors (Lipinski definition) is 5. The lowest BCUT2D eigenvalue weighted by atomic mass is 10.1. The molecule has 3 rings (SSSR count). The van der Waals surface area contributed by atoms with Crippen molar-refractivity contribution in [1.82, 2.24) is 10.2 Å². The highest BCUT2D eigenvalue weighted by Gasteiger charge is 2.20. The van der Waals surface area contributed by atoms with Gasteiger partial charge in [-0.05, 0) is 30.9 Å². The third-order valence-corrected chi connectivity index (χ3v) is 3.02. The first-order valence-electron chi connectivity index (χ1n) is 5.79. The number of aromatic nitrogens is 2. The summed E-state index contributed by atoms with van der Waals surface area (Å²) in [5, 5.41) is 7.68. The van der Waals surface area contributed by atoms with Crippen LogP contribution in [0.15, 0.2) is 28.7 Å². The van der Waals surface area contributed by atoms with E-state index in [1.54, 1.807) is 0 Å². The van der Waals surface area contributed by atoms with Gasteiger partial charge in [0, 0.05) is 12.2 Å². The average molecular weight is 230 g/mol. The molecule has 88 valence electrons. The van der Waals surface area contributed by atoms with Gasteiger partial charge >= 0.3 is 12.0 Å². The zero-order valence-corrected chi connectivity index (χ0v) is 9.47. The van der Waals surface area contributed by atoms with Crippen molar-refractivity contribution in [2.24, 2.45) is 0 Å². The van der Waals surface area contributed by atoms with E-state index in [9.17, 15) is 0 Å². The zero-order valence-electron chi connectivity index (χ0n) is 9.47. The average Bonchev–Trinajstić information content (AvgIpc) is 2.66. The molecule has 0 radical (unpaired) electrons. The largest absolute Gasteiger partial charge is 0.389 e. The van der Waals surface area contributed by atoms with Crippen molar-refractivity contribution in [3.8, 4) is 0 Å². The standard InChI is InChI=1S/C12H14N4O/c13-11-14-15-12(17-11)16-8-4-3-6-9-5-1-2-7-10(9)16/h1-2,5,7H,3-4,6,8H2,(H2,13,14). The Bertz CT molecular complexity index is 523. The van der Waals surface area contributed by atoms with Gasteiger partial charge in [-0.1, -0.05) is 28.4 Å². The summed E-state index contributed by atoms with van der Waals surface area (Å²) in [4.78, 5) is 2.05. The normalized spacial score (nSPS) is 15.4. The minimum absolute atomic E-state index is 0.113. The smallest absolute Gasteiger partial charge is 0.324 e. The second-order valence-corrected chi connectivity index (χ2v) is 4.16. The van der Waals surface area contributed by atoms with E-state index in [1.165, 1.54) is 12.0 Å². The number of benzene rings is 1. The molecule has 0 bridgehead atoms. The van der Waals surface area contributed by atoms with E-state index in [1.807, 2.05) is 11.0 Å². The molecule has 0 amide bonds. The molecule has 5 heteroatoms. The summed E-state index contributed by atoms with van der Waals surface area (Å²) in [5.41, 5.74) is 7.95. The minimum Gasteiger partial charge on any atom is -0.389 e. The Balaban J connectivity index is 2.05. The van der Waals surface area contributed by atoms with Crippen LogP contribution in [0, 0.1) is 0 Å². The Morgan fingerprint density at radius 1 is 1.18 bits per heavy atom. The number of nitrogens with zero attached hydrogens (tertiary/aromatic N) is 3. The quantitative estimate of drug-likeness (QED) is 0.812. The lowest BCUT2D eigenvalue weighted by Gasteiger charge is -2.19. The van der Waals surface area contributed by atoms with Crippen molar-refractivity contribution in [2.45, 2.75) is 19.3 Å². The van der Waals surface area contributed by atoms with Crippen LogP contribution in [0.1, 0.15) is 18.4 Å². The molecule has 0 spiro atoms. The Hall–Kier alpha value is -2.04. The molecular weight excluding hydrogens is 216 g/mol. The van der Waals surface area contributed by atoms with Crippen molar-refractivity contribution in [2.75, 3.05) is 17.2 Å². The van der Waals surface area contributed by atoms with E-state index in [0.717, 1.165) is 25.1 Å². The summed E-state index contributed by atoms with van der Waals surface area (Å²) >= 11 is 0. The number of aryl methyl sites for hydroxylation is 1. The number of anilines is 3. The molecular formula is C12H14N4O. The summed E-state index contributed by atoms with van der Waals surface area (Å²) in [6, 6.07) is 8.91. The van der Waals surface area contributed by atoms with E-state index in [0.29, 0.717) is 6.01 Å². The lowest BCUT2D eigenvalue weighted by molar-refractivity contribution is 0.565. The molecule has 17 heavy (non-hydrogen) atoms. The van der Waals surface area contributed by atoms with Gasteiger partial charge in [0.1, 0.15) is 0 Å². The SMILES string of the molecule is Nc1nnc(N2CCCCc3ccccc32)o1.